The van der Waals surface area contributed by atoms with Gasteiger partial charge in [-0.15, -0.1) is 11.3 Å². The van der Waals surface area contributed by atoms with E-state index in [2.05, 4.69) is 213 Å². The number of hydrogen-bond acceptors (Lipinski definition) is 3. The third-order valence-electron chi connectivity index (χ3n) is 19.5. The molecule has 4 aliphatic carbocycles. The van der Waals surface area contributed by atoms with Crippen LogP contribution in [0.2, 0.25) is 0 Å². The predicted molar refractivity (Wildman–Crippen MR) is 303 cm³/mol. The average Bonchev–Trinajstić information content (AvgIpc) is 3.62. The summed E-state index contributed by atoms with van der Waals surface area (Å²) in [5.41, 5.74) is 23.3. The van der Waals surface area contributed by atoms with E-state index in [1.54, 1.807) is 49.3 Å². The predicted octanol–water partition coefficient (Wildman–Crippen LogP) is 17.0. The standard InChI is InChI=1S/C65H85BN2S/c1-38-28-52-55-53(29-38)68(41-20-21-44-45(33-41)61(10,11)23-22-60(44,8)9)56-43-34-46-49(65(18,19)27-24-62(46,12)13)37-54(43)69-57(56)66(55)50-35-47-48(64(16,17)26-25-63(47,14)15)36-51(50)67(52)42-31-39(58(2,3)4)30-40(32-42)59(5,6)7/h20-21,30-38,53H,22-29H2,1-19H3. The van der Waals surface area contributed by atoms with Crippen molar-refractivity contribution in [1.29, 1.82) is 0 Å². The molecule has 0 amide bonds. The van der Waals surface area contributed by atoms with Gasteiger partial charge >= 0.3 is 0 Å². The Morgan fingerprint density at radius 3 is 1.55 bits per heavy atom. The van der Waals surface area contributed by atoms with Gasteiger partial charge in [0.1, 0.15) is 0 Å². The van der Waals surface area contributed by atoms with Crippen LogP contribution in [0.4, 0.5) is 22.7 Å². The summed E-state index contributed by atoms with van der Waals surface area (Å²) >= 11 is 2.14. The molecule has 69 heavy (non-hydrogen) atoms. The van der Waals surface area contributed by atoms with Crippen LogP contribution < -0.4 is 20.0 Å². The molecule has 11 rings (SSSR count). The Labute approximate surface area is 423 Å². The highest BCUT2D eigenvalue weighted by Crippen LogP contribution is 2.57. The number of nitrogens with zero attached hydrogens (tertiary/aromatic N) is 2. The Kier molecular flexibility index (Phi) is 10.1. The van der Waals surface area contributed by atoms with Crippen molar-refractivity contribution in [2.24, 2.45) is 5.92 Å². The zero-order valence-corrected chi connectivity index (χ0v) is 47.3. The van der Waals surface area contributed by atoms with Gasteiger partial charge in [0.2, 0.25) is 0 Å². The molecule has 1 aromatic heterocycles. The maximum atomic E-state index is 2.95. The highest BCUT2D eigenvalue weighted by atomic mass is 32.1. The maximum Gasteiger partial charge on any atom is 0.259 e. The van der Waals surface area contributed by atoms with Crippen LogP contribution in [0, 0.1) is 5.92 Å². The monoisotopic (exact) mass is 937 g/mol. The largest absolute Gasteiger partial charge is 0.334 e. The van der Waals surface area contributed by atoms with Crippen molar-refractivity contribution in [2.75, 3.05) is 9.80 Å². The minimum atomic E-state index is 0.00390. The molecule has 2 nitrogen and oxygen atoms in total. The van der Waals surface area contributed by atoms with Gasteiger partial charge in [-0.25, -0.2) is 0 Å². The van der Waals surface area contributed by atoms with E-state index < -0.39 is 0 Å². The lowest BCUT2D eigenvalue weighted by Crippen LogP contribution is -2.61. The summed E-state index contributed by atoms with van der Waals surface area (Å²) in [5, 5.41) is 1.48. The van der Waals surface area contributed by atoms with Crippen molar-refractivity contribution in [3.05, 3.63) is 116 Å². The molecule has 0 N–H and O–H groups in total. The number of anilines is 4. The lowest BCUT2D eigenvalue weighted by Gasteiger charge is -2.53. The maximum absolute atomic E-state index is 2.95. The fourth-order valence-corrected chi connectivity index (χ4v) is 15.8. The second-order valence-electron chi connectivity index (χ2n) is 29.6. The molecule has 3 heterocycles. The Hall–Kier alpha value is -3.76. The van der Waals surface area contributed by atoms with E-state index in [0.717, 1.165) is 12.8 Å². The SMILES string of the molecule is CC1CC2=C3B(c4cc5c(cc4N2c2cc(C(C)(C)C)cc(C(C)(C)C)c2)C(C)(C)CCC5(C)C)c2sc4cc5c(cc4c2N(c2ccc4c(c2)C(C)(C)CCC4(C)C)C3C1)C(C)(C)CCC5(C)C. The number of allylic oxidation sites excluding steroid dienone is 1. The minimum Gasteiger partial charge on any atom is -0.334 e. The number of fused-ring (bicyclic) bond motifs is 9. The van der Waals surface area contributed by atoms with Crippen molar-refractivity contribution in [2.45, 2.75) is 232 Å². The van der Waals surface area contributed by atoms with Gasteiger partial charge in [-0.3, -0.25) is 0 Å². The molecule has 0 fully saturated rings. The van der Waals surface area contributed by atoms with Crippen molar-refractivity contribution in [1.82, 2.24) is 0 Å². The van der Waals surface area contributed by atoms with Gasteiger partial charge in [0, 0.05) is 37.6 Å². The molecule has 2 aliphatic heterocycles. The molecule has 0 bridgehead atoms. The molecule has 364 valence electrons. The van der Waals surface area contributed by atoms with E-state index in [1.807, 2.05) is 0 Å². The normalized spacial score (nSPS) is 24.5. The molecule has 4 aromatic carbocycles. The van der Waals surface area contributed by atoms with Crippen LogP contribution in [-0.2, 0) is 43.3 Å². The number of hydrogen-bond donors (Lipinski definition) is 0. The molecule has 4 heteroatoms. The van der Waals surface area contributed by atoms with Gasteiger partial charge in [0.05, 0.1) is 11.7 Å². The summed E-state index contributed by atoms with van der Waals surface area (Å²) in [7, 11) is 0. The number of thiophene rings is 1. The third-order valence-corrected chi connectivity index (χ3v) is 20.7. The van der Waals surface area contributed by atoms with Crippen LogP contribution in [0.1, 0.15) is 227 Å². The molecule has 0 radical (unpaired) electrons. The lowest BCUT2D eigenvalue weighted by molar-refractivity contribution is 0.332. The van der Waals surface area contributed by atoms with Crippen LogP contribution in [-0.4, -0.2) is 12.8 Å². The van der Waals surface area contributed by atoms with Crippen molar-refractivity contribution >= 4 is 61.1 Å². The number of rotatable bonds is 2. The van der Waals surface area contributed by atoms with Gasteiger partial charge in [0.15, 0.2) is 0 Å². The van der Waals surface area contributed by atoms with E-state index in [4.69, 9.17) is 0 Å². The summed E-state index contributed by atoms with van der Waals surface area (Å²) in [6.07, 6.45) is 9.52. The summed E-state index contributed by atoms with van der Waals surface area (Å²) in [5.74, 6) is 0.508. The van der Waals surface area contributed by atoms with Crippen LogP contribution >= 0.6 is 11.3 Å². The topological polar surface area (TPSA) is 6.48 Å². The quantitative estimate of drug-likeness (QED) is 0.163. The summed E-state index contributed by atoms with van der Waals surface area (Å²) in [6, 6.07) is 26.6. The summed E-state index contributed by atoms with van der Waals surface area (Å²) in [6.45, 7) is 47.4. The van der Waals surface area contributed by atoms with Gasteiger partial charge in [0.25, 0.3) is 6.71 Å². The molecular formula is C65H85BN2S. The first-order chi connectivity index (χ1) is 31.8. The van der Waals surface area contributed by atoms with Crippen LogP contribution in [0.5, 0.6) is 0 Å². The Morgan fingerprint density at radius 1 is 0.536 bits per heavy atom. The Morgan fingerprint density at radius 2 is 1.01 bits per heavy atom. The van der Waals surface area contributed by atoms with Crippen LogP contribution in [0.25, 0.3) is 10.1 Å². The van der Waals surface area contributed by atoms with Gasteiger partial charge in [-0.1, -0.05) is 150 Å². The summed E-state index contributed by atoms with van der Waals surface area (Å²) < 4.78 is 3.03. The fraction of sp³-hybridized carbons (Fsp3) is 0.569. The third kappa shape index (κ3) is 7.18. The molecule has 0 saturated heterocycles. The van der Waals surface area contributed by atoms with E-state index >= 15 is 0 Å². The van der Waals surface area contributed by atoms with Crippen molar-refractivity contribution < 1.29 is 0 Å². The highest BCUT2D eigenvalue weighted by Gasteiger charge is 2.53. The molecule has 0 spiro atoms. The molecule has 6 aliphatic rings. The van der Waals surface area contributed by atoms with E-state index in [0.29, 0.717) is 5.92 Å². The smallest absolute Gasteiger partial charge is 0.259 e. The van der Waals surface area contributed by atoms with Crippen molar-refractivity contribution in [3.63, 3.8) is 0 Å². The van der Waals surface area contributed by atoms with Crippen LogP contribution in [0.3, 0.4) is 0 Å². The van der Waals surface area contributed by atoms with E-state index in [9.17, 15) is 0 Å². The fourth-order valence-electron chi connectivity index (χ4n) is 14.4. The average molecular weight is 937 g/mol. The summed E-state index contributed by atoms with van der Waals surface area (Å²) in [4.78, 5) is 5.80. The zero-order chi connectivity index (χ0) is 49.7. The lowest BCUT2D eigenvalue weighted by atomic mass is 9.33. The highest BCUT2D eigenvalue weighted by molar-refractivity contribution is 7.32. The molecule has 0 saturated carbocycles. The van der Waals surface area contributed by atoms with Crippen molar-refractivity contribution in [3.8, 4) is 0 Å². The molecule has 2 atom stereocenters. The first-order valence-corrected chi connectivity index (χ1v) is 28.1. The molecule has 2 unspecified atom stereocenters. The second kappa shape index (κ2) is 14.7. The molecular weight excluding hydrogens is 852 g/mol. The van der Waals surface area contributed by atoms with Crippen LogP contribution in [0.15, 0.2) is 71.8 Å². The Balaban J connectivity index is 1.29. The first kappa shape index (κ1) is 47.6. The zero-order valence-electron chi connectivity index (χ0n) is 46.5. The van der Waals surface area contributed by atoms with Gasteiger partial charge in [-0.05, 0) is 199 Å². The number of benzene rings is 4. The van der Waals surface area contributed by atoms with E-state index in [-0.39, 0.29) is 56.1 Å². The second-order valence-corrected chi connectivity index (χ2v) is 30.7. The Bertz CT molecular complexity index is 2990. The minimum absolute atomic E-state index is 0.00390. The first-order valence-electron chi connectivity index (χ1n) is 27.2. The van der Waals surface area contributed by atoms with E-state index in [1.165, 1.54) is 88.0 Å². The molecule has 5 aromatic rings. The van der Waals surface area contributed by atoms with Gasteiger partial charge in [-0.2, -0.15) is 0 Å². The van der Waals surface area contributed by atoms with Gasteiger partial charge < -0.3 is 9.80 Å².